The van der Waals surface area contributed by atoms with Gasteiger partial charge in [-0.3, -0.25) is 9.59 Å². The summed E-state index contributed by atoms with van der Waals surface area (Å²) in [5.74, 6) is -0.835. The van der Waals surface area contributed by atoms with E-state index in [0.29, 0.717) is 12.8 Å². The summed E-state index contributed by atoms with van der Waals surface area (Å²) in [5.41, 5.74) is 0. The average Bonchev–Trinajstić information content (AvgIpc) is 3.27. The van der Waals surface area contributed by atoms with Gasteiger partial charge in [-0.1, -0.05) is 164 Å². The second-order valence-electron chi connectivity index (χ2n) is 16.5. The fourth-order valence-corrected chi connectivity index (χ4v) is 6.97. The molecule has 62 heavy (non-hydrogen) atoms. The Morgan fingerprint density at radius 1 is 0.516 bits per heavy atom. The smallest absolute Gasteiger partial charge is 0.306 e. The molecule has 0 bridgehead atoms. The van der Waals surface area contributed by atoms with Crippen molar-refractivity contribution < 1.29 is 49.0 Å². The summed E-state index contributed by atoms with van der Waals surface area (Å²) < 4.78 is 22.2. The SMILES string of the molecule is CC/C=C\C/C=C\C/C=C\C/C=C\CCCCCCCCC(=O)OC(COC(=O)CCCCCCCCC/C=C\C/C=C\CCCCCC)COC1OC(CO)C(O)C(O)C1O. The van der Waals surface area contributed by atoms with Gasteiger partial charge in [-0.25, -0.2) is 0 Å². The Morgan fingerprint density at radius 3 is 1.44 bits per heavy atom. The van der Waals surface area contributed by atoms with Crippen LogP contribution >= 0.6 is 0 Å². The maximum Gasteiger partial charge on any atom is 0.306 e. The van der Waals surface area contributed by atoms with E-state index < -0.39 is 49.4 Å². The van der Waals surface area contributed by atoms with Crippen LogP contribution in [0, 0.1) is 0 Å². The molecule has 0 aromatic rings. The summed E-state index contributed by atoms with van der Waals surface area (Å²) in [5, 5.41) is 40.2. The van der Waals surface area contributed by atoms with Crippen LogP contribution in [0.1, 0.15) is 187 Å². The number of carbonyl (C=O) groups is 2. The second-order valence-corrected chi connectivity index (χ2v) is 16.5. The van der Waals surface area contributed by atoms with Crippen LogP contribution in [0.25, 0.3) is 0 Å². The van der Waals surface area contributed by atoms with Crippen molar-refractivity contribution in [3.63, 3.8) is 0 Å². The minimum atomic E-state index is -1.60. The van der Waals surface area contributed by atoms with Crippen LogP contribution in [-0.4, -0.2) is 89.0 Å². The first kappa shape index (κ1) is 57.2. The van der Waals surface area contributed by atoms with E-state index in [0.717, 1.165) is 96.3 Å². The van der Waals surface area contributed by atoms with Crippen molar-refractivity contribution in [1.82, 2.24) is 0 Å². The lowest BCUT2D eigenvalue weighted by Gasteiger charge is -2.39. The number of aliphatic hydroxyl groups excluding tert-OH is 4. The quantitative estimate of drug-likeness (QED) is 0.0266. The molecule has 1 aliphatic heterocycles. The first-order valence-electron chi connectivity index (χ1n) is 24.5. The molecule has 0 aromatic heterocycles. The lowest BCUT2D eigenvalue weighted by molar-refractivity contribution is -0.305. The van der Waals surface area contributed by atoms with E-state index in [9.17, 15) is 30.0 Å². The van der Waals surface area contributed by atoms with E-state index in [1.54, 1.807) is 0 Å². The van der Waals surface area contributed by atoms with Gasteiger partial charge in [0.25, 0.3) is 0 Å². The van der Waals surface area contributed by atoms with Gasteiger partial charge in [0.05, 0.1) is 13.2 Å². The minimum absolute atomic E-state index is 0.208. The van der Waals surface area contributed by atoms with Gasteiger partial charge in [0.15, 0.2) is 12.4 Å². The molecule has 10 heteroatoms. The van der Waals surface area contributed by atoms with Crippen LogP contribution in [0.4, 0.5) is 0 Å². The maximum atomic E-state index is 12.8. The Labute approximate surface area is 376 Å². The molecule has 0 radical (unpaired) electrons. The Bertz CT molecular complexity index is 1240. The van der Waals surface area contributed by atoms with Crippen LogP contribution in [0.3, 0.4) is 0 Å². The number of hydrogen-bond acceptors (Lipinski definition) is 10. The summed E-state index contributed by atoms with van der Waals surface area (Å²) in [7, 11) is 0. The number of carbonyl (C=O) groups excluding carboxylic acids is 2. The zero-order valence-corrected chi connectivity index (χ0v) is 38.8. The molecule has 10 nitrogen and oxygen atoms in total. The summed E-state index contributed by atoms with van der Waals surface area (Å²) in [6.07, 6.45) is 46.1. The topological polar surface area (TPSA) is 152 Å². The molecular formula is C52H88O10. The zero-order valence-electron chi connectivity index (χ0n) is 38.8. The molecule has 6 atom stereocenters. The van der Waals surface area contributed by atoms with Crippen molar-refractivity contribution in [2.75, 3.05) is 19.8 Å². The van der Waals surface area contributed by atoms with Gasteiger partial charge in [0, 0.05) is 12.8 Å². The number of allylic oxidation sites excluding steroid dienone is 12. The van der Waals surface area contributed by atoms with Gasteiger partial charge in [0.2, 0.25) is 0 Å². The Kier molecular flexibility index (Phi) is 38.8. The molecule has 0 amide bonds. The minimum Gasteiger partial charge on any atom is -0.462 e. The van der Waals surface area contributed by atoms with Gasteiger partial charge in [-0.2, -0.15) is 0 Å². The zero-order chi connectivity index (χ0) is 45.1. The molecule has 1 saturated heterocycles. The third-order valence-electron chi connectivity index (χ3n) is 10.8. The van der Waals surface area contributed by atoms with Crippen LogP contribution in [0.5, 0.6) is 0 Å². The lowest BCUT2D eigenvalue weighted by atomic mass is 9.99. The highest BCUT2D eigenvalue weighted by Gasteiger charge is 2.44. The second kappa shape index (κ2) is 42.1. The number of esters is 2. The molecule has 1 heterocycles. The molecule has 0 aliphatic carbocycles. The summed E-state index contributed by atoms with van der Waals surface area (Å²) in [4.78, 5) is 25.4. The molecule has 0 saturated carbocycles. The van der Waals surface area contributed by atoms with Gasteiger partial charge in [0.1, 0.15) is 31.0 Å². The molecule has 1 aliphatic rings. The number of hydrogen-bond donors (Lipinski definition) is 4. The Balaban J connectivity index is 2.31. The van der Waals surface area contributed by atoms with Crippen molar-refractivity contribution in [1.29, 1.82) is 0 Å². The number of ether oxygens (including phenoxy) is 4. The molecule has 356 valence electrons. The van der Waals surface area contributed by atoms with E-state index in [4.69, 9.17) is 18.9 Å². The molecule has 6 unspecified atom stereocenters. The summed E-state index contributed by atoms with van der Waals surface area (Å²) in [6.45, 7) is 3.27. The first-order valence-corrected chi connectivity index (χ1v) is 24.5. The molecule has 0 spiro atoms. The fourth-order valence-electron chi connectivity index (χ4n) is 6.97. The van der Waals surface area contributed by atoms with E-state index in [2.05, 4.69) is 86.8 Å². The highest BCUT2D eigenvalue weighted by Crippen LogP contribution is 2.22. The number of rotatable bonds is 40. The fraction of sp³-hybridized carbons (Fsp3) is 0.731. The van der Waals surface area contributed by atoms with Gasteiger partial charge in [-0.15, -0.1) is 0 Å². The summed E-state index contributed by atoms with van der Waals surface area (Å²) in [6, 6.07) is 0. The highest BCUT2D eigenvalue weighted by atomic mass is 16.7. The van der Waals surface area contributed by atoms with E-state index in [1.807, 2.05) is 0 Å². The van der Waals surface area contributed by atoms with Gasteiger partial charge < -0.3 is 39.4 Å². The Hall–Kier alpha value is -2.86. The molecule has 0 aromatic carbocycles. The molecular weight excluding hydrogens is 785 g/mol. The molecule has 1 rings (SSSR count). The normalized spacial score (nSPS) is 20.3. The van der Waals surface area contributed by atoms with E-state index in [1.165, 1.54) is 51.4 Å². The van der Waals surface area contributed by atoms with Crippen molar-refractivity contribution in [2.45, 2.75) is 224 Å². The monoisotopic (exact) mass is 873 g/mol. The largest absolute Gasteiger partial charge is 0.462 e. The molecule has 4 N–H and O–H groups in total. The van der Waals surface area contributed by atoms with E-state index in [-0.39, 0.29) is 32.0 Å². The van der Waals surface area contributed by atoms with Crippen molar-refractivity contribution in [3.8, 4) is 0 Å². The van der Waals surface area contributed by atoms with E-state index >= 15 is 0 Å². The lowest BCUT2D eigenvalue weighted by Crippen LogP contribution is -2.59. The average molecular weight is 873 g/mol. The van der Waals surface area contributed by atoms with Crippen molar-refractivity contribution in [3.05, 3.63) is 72.9 Å². The number of unbranched alkanes of at least 4 members (excludes halogenated alkanes) is 17. The Morgan fingerprint density at radius 2 is 0.952 bits per heavy atom. The van der Waals surface area contributed by atoms with Crippen molar-refractivity contribution in [2.24, 2.45) is 0 Å². The first-order chi connectivity index (χ1) is 30.3. The van der Waals surface area contributed by atoms with Crippen LogP contribution in [-0.2, 0) is 28.5 Å². The third kappa shape index (κ3) is 32.8. The van der Waals surface area contributed by atoms with Crippen LogP contribution in [0.2, 0.25) is 0 Å². The number of aliphatic hydroxyl groups is 4. The maximum absolute atomic E-state index is 12.8. The van der Waals surface area contributed by atoms with Gasteiger partial charge >= 0.3 is 11.9 Å². The van der Waals surface area contributed by atoms with Crippen LogP contribution in [0.15, 0.2) is 72.9 Å². The predicted octanol–water partition coefficient (Wildman–Crippen LogP) is 11.2. The standard InChI is InChI=1S/C52H88O10/c1-3-5-7-9-11-13-15-17-19-21-23-25-27-29-31-33-35-37-39-41-48(55)61-45(44-60-52-51(58)50(57)49(56)46(42-53)62-52)43-59-47(54)40-38-36-34-32-30-28-26-24-22-20-18-16-14-12-10-8-6-4-2/h5,7,11,13-14,16-17,19-20,22-23,25,45-46,49-53,56-58H,3-4,6,8-10,12,15,18,21,24,26-44H2,1-2H3/b7-5-,13-11-,16-14-,19-17-,22-20-,25-23-. The molecule has 1 fully saturated rings. The van der Waals surface area contributed by atoms with Crippen LogP contribution < -0.4 is 0 Å². The third-order valence-corrected chi connectivity index (χ3v) is 10.8. The summed E-state index contributed by atoms with van der Waals surface area (Å²) >= 11 is 0. The van der Waals surface area contributed by atoms with Gasteiger partial charge in [-0.05, 0) is 83.5 Å². The highest BCUT2D eigenvalue weighted by molar-refractivity contribution is 5.70. The predicted molar refractivity (Wildman–Crippen MR) is 251 cm³/mol. The van der Waals surface area contributed by atoms with Crippen molar-refractivity contribution >= 4 is 11.9 Å².